The van der Waals surface area contributed by atoms with E-state index >= 15 is 0 Å². The van der Waals surface area contributed by atoms with E-state index in [9.17, 15) is 14.7 Å². The number of fused-ring (bicyclic) bond motifs is 1. The maximum absolute atomic E-state index is 12.6. The number of aromatic nitrogens is 3. The Kier molecular flexibility index (Phi) is 5.90. The van der Waals surface area contributed by atoms with Gasteiger partial charge in [0.1, 0.15) is 17.2 Å². The number of hydrogen-bond donors (Lipinski definition) is 2. The van der Waals surface area contributed by atoms with Crippen molar-refractivity contribution in [2.75, 3.05) is 5.32 Å². The number of rotatable bonds is 5. The van der Waals surface area contributed by atoms with Gasteiger partial charge in [0.2, 0.25) is 0 Å². The molecule has 1 heterocycles. The molecule has 0 radical (unpaired) electrons. The molecule has 1 saturated carbocycles. The topological polar surface area (TPSA) is 106 Å². The summed E-state index contributed by atoms with van der Waals surface area (Å²) >= 11 is 0. The van der Waals surface area contributed by atoms with Gasteiger partial charge >= 0.3 is 12.1 Å². The highest BCUT2D eigenvalue weighted by atomic mass is 16.6. The van der Waals surface area contributed by atoms with E-state index in [0.717, 1.165) is 27.5 Å². The summed E-state index contributed by atoms with van der Waals surface area (Å²) in [5, 5.41) is 22.3. The van der Waals surface area contributed by atoms with Crippen LogP contribution in [0.5, 0.6) is 0 Å². The summed E-state index contributed by atoms with van der Waals surface area (Å²) in [5.74, 6) is 5.50. The largest absolute Gasteiger partial charge is 0.480 e. The Morgan fingerprint density at radius 2 is 1.81 bits per heavy atom. The molecule has 1 amide bonds. The van der Waals surface area contributed by atoms with Crippen molar-refractivity contribution >= 4 is 28.7 Å². The molecule has 1 atom stereocenters. The summed E-state index contributed by atoms with van der Waals surface area (Å²) in [6, 6.07) is 21.0. The van der Waals surface area contributed by atoms with Crippen molar-refractivity contribution in [2.45, 2.75) is 25.9 Å². The molecule has 2 N–H and O–H groups in total. The summed E-state index contributed by atoms with van der Waals surface area (Å²) in [7, 11) is 1.70. The summed E-state index contributed by atoms with van der Waals surface area (Å²) in [6.45, 7) is 1.81. The fraction of sp³-hybridized carbons (Fsp3) is 0.214. The van der Waals surface area contributed by atoms with Crippen LogP contribution in [0.15, 0.2) is 66.7 Å². The first-order valence-corrected chi connectivity index (χ1v) is 11.6. The third-order valence-corrected chi connectivity index (χ3v) is 6.32. The van der Waals surface area contributed by atoms with Crippen LogP contribution in [0.1, 0.15) is 37.0 Å². The zero-order chi connectivity index (χ0) is 25.3. The second-order valence-corrected chi connectivity index (χ2v) is 8.91. The number of anilines is 1. The van der Waals surface area contributed by atoms with Crippen molar-refractivity contribution in [3.8, 4) is 23.1 Å². The SMILES string of the molecule is C[C@@H](OC(=O)Nc1c(-c2ccc3cc(C#CC4(C(=O)O)CC4)ccc3c2)nnn1C)c1ccccc1. The highest BCUT2D eigenvalue weighted by Crippen LogP contribution is 2.45. The standard InChI is InChI=1S/C28H24N4O4/c1-18(20-6-4-3-5-7-20)36-27(35)29-25-24(30-31-32(25)2)23-11-10-21-16-19(8-9-22(21)17-23)12-13-28(14-15-28)26(33)34/h3-11,16-18H,14-15H2,1-2H3,(H,29,35)(H,33,34)/t18-/m1/s1. The third-order valence-electron chi connectivity index (χ3n) is 6.32. The van der Waals surface area contributed by atoms with Crippen LogP contribution >= 0.6 is 0 Å². The summed E-state index contributed by atoms with van der Waals surface area (Å²) in [6.07, 6.45) is 0.176. The van der Waals surface area contributed by atoms with Crippen molar-refractivity contribution in [1.29, 1.82) is 0 Å². The van der Waals surface area contributed by atoms with Crippen molar-refractivity contribution in [1.82, 2.24) is 15.0 Å². The Hall–Kier alpha value is -4.64. The van der Waals surface area contributed by atoms with Crippen LogP contribution in [0.25, 0.3) is 22.0 Å². The number of hydrogen-bond acceptors (Lipinski definition) is 5. The lowest BCUT2D eigenvalue weighted by atomic mass is 10.0. The van der Waals surface area contributed by atoms with Crippen molar-refractivity contribution in [3.05, 3.63) is 77.9 Å². The lowest BCUT2D eigenvalue weighted by molar-refractivity contribution is -0.141. The molecule has 0 saturated heterocycles. The van der Waals surface area contributed by atoms with Crippen molar-refractivity contribution in [2.24, 2.45) is 12.5 Å². The van der Waals surface area contributed by atoms with Crippen LogP contribution in [0.4, 0.5) is 10.6 Å². The van der Waals surface area contributed by atoms with Gasteiger partial charge in [-0.15, -0.1) is 5.10 Å². The van der Waals surface area contributed by atoms with E-state index in [2.05, 4.69) is 27.5 Å². The van der Waals surface area contributed by atoms with Gasteiger partial charge in [-0.2, -0.15) is 0 Å². The van der Waals surface area contributed by atoms with Gasteiger partial charge in [0.15, 0.2) is 5.82 Å². The molecule has 180 valence electrons. The number of carbonyl (C=O) groups excluding carboxylic acids is 1. The number of aliphatic carboxylic acids is 1. The van der Waals surface area contributed by atoms with Crippen LogP contribution in [0.3, 0.4) is 0 Å². The molecule has 8 heteroatoms. The molecule has 4 aromatic rings. The van der Waals surface area contributed by atoms with Gasteiger partial charge in [-0.05, 0) is 54.3 Å². The number of nitrogens with zero attached hydrogens (tertiary/aromatic N) is 3. The van der Waals surface area contributed by atoms with Gasteiger partial charge in [0, 0.05) is 18.2 Å². The smallest absolute Gasteiger partial charge is 0.413 e. The second kappa shape index (κ2) is 9.19. The highest BCUT2D eigenvalue weighted by Gasteiger charge is 2.49. The van der Waals surface area contributed by atoms with Gasteiger partial charge < -0.3 is 9.84 Å². The minimum absolute atomic E-state index is 0.418. The first-order chi connectivity index (χ1) is 17.3. The van der Waals surface area contributed by atoms with E-state index in [4.69, 9.17) is 4.74 Å². The first-order valence-electron chi connectivity index (χ1n) is 11.6. The molecule has 0 bridgehead atoms. The predicted octanol–water partition coefficient (Wildman–Crippen LogP) is 5.16. The maximum atomic E-state index is 12.6. The molecule has 3 aromatic carbocycles. The summed E-state index contributed by atoms with van der Waals surface area (Å²) in [5.41, 5.74) is 2.08. The van der Waals surface area contributed by atoms with Gasteiger partial charge in [-0.25, -0.2) is 9.48 Å². The number of benzene rings is 3. The number of carboxylic acids is 1. The summed E-state index contributed by atoms with van der Waals surface area (Å²) in [4.78, 5) is 24.0. The number of carbonyl (C=O) groups is 2. The summed E-state index contributed by atoms with van der Waals surface area (Å²) < 4.78 is 7.03. The monoisotopic (exact) mass is 480 g/mol. The van der Waals surface area contributed by atoms with Crippen LogP contribution in [-0.4, -0.2) is 32.2 Å². The molecular formula is C28H24N4O4. The van der Waals surface area contributed by atoms with E-state index in [1.807, 2.05) is 73.7 Å². The van der Waals surface area contributed by atoms with Crippen LogP contribution in [-0.2, 0) is 16.6 Å². The predicted molar refractivity (Wildman–Crippen MR) is 135 cm³/mol. The van der Waals surface area contributed by atoms with E-state index in [1.54, 1.807) is 7.05 Å². The number of ether oxygens (including phenoxy) is 1. The fourth-order valence-electron chi connectivity index (χ4n) is 3.95. The first kappa shape index (κ1) is 23.1. The van der Waals surface area contributed by atoms with Crippen molar-refractivity contribution < 1.29 is 19.4 Å². The molecule has 36 heavy (non-hydrogen) atoms. The normalized spacial score (nSPS) is 14.4. The molecule has 8 nitrogen and oxygen atoms in total. The van der Waals surface area contributed by atoms with E-state index in [0.29, 0.717) is 24.4 Å². The van der Waals surface area contributed by atoms with E-state index in [1.165, 1.54) is 4.68 Å². The lowest BCUT2D eigenvalue weighted by Gasteiger charge is -2.14. The second-order valence-electron chi connectivity index (χ2n) is 8.91. The Bertz CT molecular complexity index is 1530. The average molecular weight is 481 g/mol. The molecule has 0 spiro atoms. The maximum Gasteiger partial charge on any atom is 0.413 e. The van der Waals surface area contributed by atoms with Gasteiger partial charge in [0.25, 0.3) is 0 Å². The Morgan fingerprint density at radius 3 is 2.53 bits per heavy atom. The quantitative estimate of drug-likeness (QED) is 0.382. The molecule has 0 unspecified atom stereocenters. The number of aryl methyl sites for hydroxylation is 1. The minimum atomic E-state index is -0.881. The highest BCUT2D eigenvalue weighted by molar-refractivity contribution is 5.92. The zero-order valence-electron chi connectivity index (χ0n) is 19.9. The minimum Gasteiger partial charge on any atom is -0.480 e. The average Bonchev–Trinajstić information content (AvgIpc) is 3.60. The molecule has 1 aromatic heterocycles. The number of carboxylic acid groups (broad SMARTS) is 1. The van der Waals surface area contributed by atoms with E-state index < -0.39 is 23.6 Å². The molecule has 1 fully saturated rings. The lowest BCUT2D eigenvalue weighted by Crippen LogP contribution is -2.18. The van der Waals surface area contributed by atoms with Crippen molar-refractivity contribution in [3.63, 3.8) is 0 Å². The number of amides is 1. The molecule has 0 aliphatic heterocycles. The van der Waals surface area contributed by atoms with E-state index in [-0.39, 0.29) is 0 Å². The van der Waals surface area contributed by atoms with Crippen LogP contribution in [0, 0.1) is 17.3 Å². The fourth-order valence-corrected chi connectivity index (χ4v) is 3.95. The molecular weight excluding hydrogens is 456 g/mol. The zero-order valence-corrected chi connectivity index (χ0v) is 19.9. The molecule has 1 aliphatic carbocycles. The van der Waals surface area contributed by atoms with Gasteiger partial charge in [-0.1, -0.05) is 65.6 Å². The van der Waals surface area contributed by atoms with Gasteiger partial charge in [-0.3, -0.25) is 10.1 Å². The molecule has 5 rings (SSSR count). The Balaban J connectivity index is 1.35. The van der Waals surface area contributed by atoms with Crippen LogP contribution in [0.2, 0.25) is 0 Å². The van der Waals surface area contributed by atoms with Crippen LogP contribution < -0.4 is 5.32 Å². The Labute approximate surface area is 207 Å². The molecule has 1 aliphatic rings. The Morgan fingerprint density at radius 1 is 1.08 bits per heavy atom. The third kappa shape index (κ3) is 4.64. The van der Waals surface area contributed by atoms with Gasteiger partial charge in [0.05, 0.1) is 0 Å². The number of nitrogens with one attached hydrogen (secondary N) is 1.